The fourth-order valence-electron chi connectivity index (χ4n) is 0.663. The minimum absolute atomic E-state index is 0.00628. The Hall–Kier alpha value is -1.14. The van der Waals surface area contributed by atoms with Crippen LogP contribution in [0, 0.1) is 0 Å². The van der Waals surface area contributed by atoms with Crippen LogP contribution in [-0.2, 0) is 19.1 Å². The zero-order valence-corrected chi connectivity index (χ0v) is 7.57. The van der Waals surface area contributed by atoms with Crippen LogP contribution in [0.15, 0.2) is 0 Å². The van der Waals surface area contributed by atoms with Crippen LogP contribution >= 0.6 is 0 Å². The number of carbonyl (C=O) groups is 2. The largest absolute Gasteiger partial charge is 0.480 e. The first-order chi connectivity index (χ1) is 6.11. The molecule has 0 radical (unpaired) electrons. The summed E-state index contributed by atoms with van der Waals surface area (Å²) in [6.45, 7) is -0.136. The molecular formula is C7H13NO5. The van der Waals surface area contributed by atoms with Crippen LogP contribution in [0.25, 0.3) is 0 Å². The number of ether oxygens (including phenoxy) is 2. The molecule has 0 fully saturated rings. The van der Waals surface area contributed by atoms with Crippen molar-refractivity contribution < 1.29 is 24.2 Å². The lowest BCUT2D eigenvalue weighted by Gasteiger charge is -2.11. The van der Waals surface area contributed by atoms with E-state index in [1.165, 1.54) is 14.2 Å². The Kier molecular flexibility index (Phi) is 5.82. The van der Waals surface area contributed by atoms with E-state index in [4.69, 9.17) is 5.11 Å². The number of carboxylic acids is 1. The monoisotopic (exact) mass is 191 g/mol. The lowest BCUT2D eigenvalue weighted by atomic mass is 10.3. The number of hydrogen-bond donors (Lipinski definition) is 2. The van der Waals surface area contributed by atoms with Gasteiger partial charge in [0.1, 0.15) is 6.04 Å². The first-order valence-corrected chi connectivity index (χ1v) is 3.63. The molecule has 1 atom stereocenters. The first-order valence-electron chi connectivity index (χ1n) is 3.63. The topological polar surface area (TPSA) is 84.9 Å². The van der Waals surface area contributed by atoms with E-state index in [2.05, 4.69) is 14.8 Å². The van der Waals surface area contributed by atoms with Crippen LogP contribution < -0.4 is 5.32 Å². The lowest BCUT2D eigenvalue weighted by Crippen LogP contribution is -2.43. The van der Waals surface area contributed by atoms with Gasteiger partial charge in [-0.3, -0.25) is 14.9 Å². The average molecular weight is 191 g/mol. The van der Waals surface area contributed by atoms with Crippen molar-refractivity contribution in [3.05, 3.63) is 0 Å². The zero-order chi connectivity index (χ0) is 10.3. The maximum absolute atomic E-state index is 10.6. The Bertz CT molecular complexity index is 182. The third-order valence-corrected chi connectivity index (χ3v) is 1.35. The molecule has 6 nitrogen and oxygen atoms in total. The van der Waals surface area contributed by atoms with Crippen molar-refractivity contribution in [2.24, 2.45) is 0 Å². The minimum atomic E-state index is -1.06. The summed E-state index contributed by atoms with van der Waals surface area (Å²) in [7, 11) is 2.62. The first kappa shape index (κ1) is 11.9. The number of esters is 1. The van der Waals surface area contributed by atoms with Crippen molar-refractivity contribution in [1.82, 2.24) is 5.32 Å². The Morgan fingerprint density at radius 3 is 2.46 bits per heavy atom. The van der Waals surface area contributed by atoms with Crippen molar-refractivity contribution in [1.29, 1.82) is 0 Å². The maximum Gasteiger partial charge on any atom is 0.323 e. The molecule has 1 unspecified atom stereocenters. The second-order valence-electron chi connectivity index (χ2n) is 2.30. The van der Waals surface area contributed by atoms with Crippen molar-refractivity contribution >= 4 is 11.9 Å². The Labute approximate surface area is 75.8 Å². The molecule has 76 valence electrons. The van der Waals surface area contributed by atoms with Crippen LogP contribution in [-0.4, -0.2) is 50.5 Å². The minimum Gasteiger partial charge on any atom is -0.480 e. The molecule has 0 bridgehead atoms. The Morgan fingerprint density at radius 2 is 2.08 bits per heavy atom. The van der Waals surface area contributed by atoms with Crippen LogP contribution in [0.5, 0.6) is 0 Å². The van der Waals surface area contributed by atoms with Gasteiger partial charge >= 0.3 is 11.9 Å². The second-order valence-corrected chi connectivity index (χ2v) is 2.30. The predicted octanol–water partition coefficient (Wildman–Crippen LogP) is -1.15. The smallest absolute Gasteiger partial charge is 0.323 e. The Balaban J connectivity index is 3.82. The van der Waals surface area contributed by atoms with Gasteiger partial charge in [0.05, 0.1) is 20.3 Å². The number of carbonyl (C=O) groups excluding carboxylic acids is 1. The van der Waals surface area contributed by atoms with E-state index in [1.54, 1.807) is 0 Å². The number of carboxylic acid groups (broad SMARTS) is 1. The van der Waals surface area contributed by atoms with E-state index in [9.17, 15) is 9.59 Å². The van der Waals surface area contributed by atoms with E-state index in [0.29, 0.717) is 0 Å². The number of methoxy groups -OCH3 is 2. The molecule has 0 aromatic heterocycles. The van der Waals surface area contributed by atoms with Gasteiger partial charge in [0.15, 0.2) is 0 Å². The van der Waals surface area contributed by atoms with Gasteiger partial charge in [0.25, 0.3) is 0 Å². The van der Waals surface area contributed by atoms with E-state index >= 15 is 0 Å². The molecule has 2 N–H and O–H groups in total. The molecule has 0 aromatic rings. The van der Waals surface area contributed by atoms with Crippen molar-refractivity contribution in [3.8, 4) is 0 Å². The van der Waals surface area contributed by atoms with E-state index in [0.717, 1.165) is 0 Å². The molecule has 0 rings (SSSR count). The summed E-state index contributed by atoms with van der Waals surface area (Å²) in [6.07, 6.45) is 0. The van der Waals surface area contributed by atoms with E-state index in [-0.39, 0.29) is 13.2 Å². The standard InChI is InChI=1S/C7H13NO5/c1-12-4-5(7(10)11)8-3-6(9)13-2/h5,8H,3-4H2,1-2H3,(H,10,11). The molecule has 0 saturated heterocycles. The SMILES string of the molecule is COCC(NCC(=O)OC)C(=O)O. The van der Waals surface area contributed by atoms with Gasteiger partial charge in [-0.2, -0.15) is 0 Å². The highest BCUT2D eigenvalue weighted by Gasteiger charge is 2.17. The van der Waals surface area contributed by atoms with Gasteiger partial charge in [0.2, 0.25) is 0 Å². The molecule has 0 aromatic carbocycles. The fraction of sp³-hybridized carbons (Fsp3) is 0.714. The second kappa shape index (κ2) is 6.38. The number of nitrogens with one attached hydrogen (secondary N) is 1. The summed E-state index contributed by atoms with van der Waals surface area (Å²) < 4.78 is 8.96. The van der Waals surface area contributed by atoms with Gasteiger partial charge in [-0.25, -0.2) is 0 Å². The van der Waals surface area contributed by atoms with Crippen LogP contribution in [0.3, 0.4) is 0 Å². The summed E-state index contributed by atoms with van der Waals surface area (Å²) in [5, 5.41) is 11.1. The molecule has 0 spiro atoms. The van der Waals surface area contributed by atoms with Gasteiger partial charge < -0.3 is 14.6 Å². The summed E-state index contributed by atoms with van der Waals surface area (Å²) in [4.78, 5) is 21.1. The fourth-order valence-corrected chi connectivity index (χ4v) is 0.663. The van der Waals surface area contributed by atoms with Crippen LogP contribution in [0.4, 0.5) is 0 Å². The number of hydrogen-bond acceptors (Lipinski definition) is 5. The molecule has 0 amide bonds. The molecule has 0 heterocycles. The summed E-state index contributed by atoms with van der Waals surface area (Å²) in [5.41, 5.74) is 0. The highest BCUT2D eigenvalue weighted by atomic mass is 16.5. The third kappa shape index (κ3) is 5.15. The number of aliphatic carboxylic acids is 1. The van der Waals surface area contributed by atoms with Crippen molar-refractivity contribution in [2.45, 2.75) is 6.04 Å². The maximum atomic E-state index is 10.6. The van der Waals surface area contributed by atoms with Gasteiger partial charge in [-0.05, 0) is 0 Å². The quantitative estimate of drug-likeness (QED) is 0.515. The molecule has 0 aliphatic rings. The normalized spacial score (nSPS) is 12.2. The van der Waals surface area contributed by atoms with Crippen LogP contribution in [0.2, 0.25) is 0 Å². The van der Waals surface area contributed by atoms with E-state index in [1.807, 2.05) is 0 Å². The van der Waals surface area contributed by atoms with E-state index < -0.39 is 18.0 Å². The highest BCUT2D eigenvalue weighted by Crippen LogP contribution is 1.85. The zero-order valence-electron chi connectivity index (χ0n) is 7.57. The highest BCUT2D eigenvalue weighted by molar-refractivity contribution is 5.76. The molecular weight excluding hydrogens is 178 g/mol. The third-order valence-electron chi connectivity index (χ3n) is 1.35. The van der Waals surface area contributed by atoms with Gasteiger partial charge in [-0.15, -0.1) is 0 Å². The predicted molar refractivity (Wildman–Crippen MR) is 43.3 cm³/mol. The van der Waals surface area contributed by atoms with Gasteiger partial charge in [-0.1, -0.05) is 0 Å². The molecule has 0 aliphatic carbocycles. The molecule has 0 aliphatic heterocycles. The lowest BCUT2D eigenvalue weighted by molar-refractivity contribution is -0.142. The molecule has 6 heteroatoms. The summed E-state index contributed by atoms with van der Waals surface area (Å²) >= 11 is 0. The Morgan fingerprint density at radius 1 is 1.46 bits per heavy atom. The average Bonchev–Trinajstić information content (AvgIpc) is 2.11. The van der Waals surface area contributed by atoms with Crippen molar-refractivity contribution in [2.75, 3.05) is 27.4 Å². The van der Waals surface area contributed by atoms with Crippen LogP contribution in [0.1, 0.15) is 0 Å². The van der Waals surface area contributed by atoms with Gasteiger partial charge in [0, 0.05) is 7.11 Å². The number of rotatable bonds is 6. The summed E-state index contributed by atoms with van der Waals surface area (Å²) in [5.74, 6) is -1.58. The molecule has 0 saturated carbocycles. The van der Waals surface area contributed by atoms with Crippen molar-refractivity contribution in [3.63, 3.8) is 0 Å². The summed E-state index contributed by atoms with van der Waals surface area (Å²) in [6, 6.07) is -0.885. The molecule has 13 heavy (non-hydrogen) atoms.